The summed E-state index contributed by atoms with van der Waals surface area (Å²) in [5.74, 6) is 2.20. The summed E-state index contributed by atoms with van der Waals surface area (Å²) >= 11 is 6.20. The third kappa shape index (κ3) is 5.11. The van der Waals surface area contributed by atoms with E-state index < -0.39 is 0 Å². The molecule has 0 atom stereocenters. The second-order valence-corrected chi connectivity index (χ2v) is 6.69. The van der Waals surface area contributed by atoms with Gasteiger partial charge >= 0.3 is 0 Å². The van der Waals surface area contributed by atoms with E-state index in [0.29, 0.717) is 5.95 Å². The maximum Gasteiger partial charge on any atom is 0.224 e. The fourth-order valence-electron chi connectivity index (χ4n) is 2.70. The van der Waals surface area contributed by atoms with E-state index in [4.69, 9.17) is 16.3 Å². The third-order valence-corrected chi connectivity index (χ3v) is 4.65. The van der Waals surface area contributed by atoms with Crippen LogP contribution in [0.4, 0.5) is 17.5 Å². The molecular formula is C21H23ClN4O. The number of hydrogen-bond donors (Lipinski definition) is 2. The van der Waals surface area contributed by atoms with Gasteiger partial charge in [0.15, 0.2) is 0 Å². The Kier molecular flexibility index (Phi) is 6.14. The number of aryl methyl sites for hydroxylation is 1. The summed E-state index contributed by atoms with van der Waals surface area (Å²) < 4.78 is 5.18. The molecule has 3 rings (SSSR count). The molecule has 0 unspecified atom stereocenters. The van der Waals surface area contributed by atoms with Crippen LogP contribution in [-0.4, -0.2) is 23.6 Å². The van der Waals surface area contributed by atoms with Crippen molar-refractivity contribution in [2.45, 2.75) is 20.3 Å². The maximum absolute atomic E-state index is 6.20. The number of benzene rings is 2. The predicted octanol–water partition coefficient (Wildman–Crippen LogP) is 5.15. The molecule has 0 fully saturated rings. The van der Waals surface area contributed by atoms with E-state index in [2.05, 4.69) is 32.7 Å². The van der Waals surface area contributed by atoms with Crippen LogP contribution < -0.4 is 15.4 Å². The number of nitrogens with zero attached hydrogens (tertiary/aromatic N) is 2. The number of anilines is 3. The van der Waals surface area contributed by atoms with Crippen molar-refractivity contribution in [2.75, 3.05) is 24.3 Å². The topological polar surface area (TPSA) is 59.1 Å². The summed E-state index contributed by atoms with van der Waals surface area (Å²) in [4.78, 5) is 9.03. The zero-order valence-electron chi connectivity index (χ0n) is 15.7. The largest absolute Gasteiger partial charge is 0.497 e. The standard InChI is InChI=1S/C21H23ClN4O/c1-14-13-20(25-19-6-4-5-18(22)15(19)2)26-21(24-14)23-12-11-16-7-9-17(27-3)10-8-16/h4-10,13H,11-12H2,1-3H3,(H2,23,24,25,26). The van der Waals surface area contributed by atoms with Gasteiger partial charge in [-0.05, 0) is 55.7 Å². The third-order valence-electron chi connectivity index (χ3n) is 4.24. The first kappa shape index (κ1) is 19.0. The van der Waals surface area contributed by atoms with Gasteiger partial charge < -0.3 is 15.4 Å². The van der Waals surface area contributed by atoms with Crippen molar-refractivity contribution in [1.29, 1.82) is 0 Å². The lowest BCUT2D eigenvalue weighted by Crippen LogP contribution is -2.09. The van der Waals surface area contributed by atoms with E-state index in [1.54, 1.807) is 7.11 Å². The van der Waals surface area contributed by atoms with Crippen LogP contribution in [0.25, 0.3) is 0 Å². The lowest BCUT2D eigenvalue weighted by molar-refractivity contribution is 0.414. The van der Waals surface area contributed by atoms with Crippen LogP contribution >= 0.6 is 11.6 Å². The molecule has 0 spiro atoms. The molecule has 6 heteroatoms. The molecule has 5 nitrogen and oxygen atoms in total. The van der Waals surface area contributed by atoms with E-state index in [1.807, 2.05) is 50.2 Å². The van der Waals surface area contributed by atoms with Crippen LogP contribution in [0.5, 0.6) is 5.75 Å². The highest BCUT2D eigenvalue weighted by Crippen LogP contribution is 2.26. The van der Waals surface area contributed by atoms with Gasteiger partial charge in [0, 0.05) is 29.0 Å². The molecule has 3 aromatic rings. The molecule has 0 amide bonds. The second kappa shape index (κ2) is 8.73. The first-order valence-electron chi connectivity index (χ1n) is 8.80. The molecule has 0 saturated carbocycles. The highest BCUT2D eigenvalue weighted by atomic mass is 35.5. The fourth-order valence-corrected chi connectivity index (χ4v) is 2.88. The molecule has 0 aliphatic heterocycles. The Balaban J connectivity index is 1.65. The molecule has 27 heavy (non-hydrogen) atoms. The van der Waals surface area contributed by atoms with Crippen molar-refractivity contribution in [3.8, 4) is 5.75 Å². The van der Waals surface area contributed by atoms with Crippen molar-refractivity contribution >= 4 is 29.1 Å². The molecule has 140 valence electrons. The predicted molar refractivity (Wildman–Crippen MR) is 111 cm³/mol. The average molecular weight is 383 g/mol. The van der Waals surface area contributed by atoms with Gasteiger partial charge in [-0.1, -0.05) is 29.8 Å². The zero-order valence-corrected chi connectivity index (χ0v) is 16.5. The van der Waals surface area contributed by atoms with E-state index in [9.17, 15) is 0 Å². The number of methoxy groups -OCH3 is 1. The van der Waals surface area contributed by atoms with E-state index in [0.717, 1.165) is 46.5 Å². The van der Waals surface area contributed by atoms with Crippen LogP contribution in [0.15, 0.2) is 48.5 Å². The van der Waals surface area contributed by atoms with Gasteiger partial charge in [0.05, 0.1) is 7.11 Å². The Labute approximate surface area is 164 Å². The smallest absolute Gasteiger partial charge is 0.224 e. The second-order valence-electron chi connectivity index (χ2n) is 6.28. The Morgan fingerprint density at radius 1 is 1.04 bits per heavy atom. The Bertz CT molecular complexity index is 913. The molecule has 0 bridgehead atoms. The number of ether oxygens (including phenoxy) is 1. The van der Waals surface area contributed by atoms with Crippen molar-refractivity contribution in [2.24, 2.45) is 0 Å². The zero-order chi connectivity index (χ0) is 19.2. The number of aromatic nitrogens is 2. The molecule has 1 heterocycles. The van der Waals surface area contributed by atoms with Crippen LogP contribution in [0.3, 0.4) is 0 Å². The highest BCUT2D eigenvalue weighted by Gasteiger charge is 2.06. The minimum Gasteiger partial charge on any atom is -0.497 e. The summed E-state index contributed by atoms with van der Waals surface area (Å²) in [5, 5.41) is 7.35. The summed E-state index contributed by atoms with van der Waals surface area (Å²) in [6.45, 7) is 4.67. The summed E-state index contributed by atoms with van der Waals surface area (Å²) in [6, 6.07) is 15.7. The highest BCUT2D eigenvalue weighted by molar-refractivity contribution is 6.31. The average Bonchev–Trinajstić information content (AvgIpc) is 2.66. The van der Waals surface area contributed by atoms with E-state index in [-0.39, 0.29) is 0 Å². The van der Waals surface area contributed by atoms with E-state index >= 15 is 0 Å². The summed E-state index contributed by atoms with van der Waals surface area (Å²) in [6.07, 6.45) is 0.872. The van der Waals surface area contributed by atoms with E-state index in [1.165, 1.54) is 5.56 Å². The van der Waals surface area contributed by atoms with Gasteiger partial charge in [-0.2, -0.15) is 4.98 Å². The fraction of sp³-hybridized carbons (Fsp3) is 0.238. The van der Waals surface area contributed by atoms with Crippen LogP contribution in [-0.2, 0) is 6.42 Å². The van der Waals surface area contributed by atoms with Gasteiger partial charge in [0.25, 0.3) is 0 Å². The quantitative estimate of drug-likeness (QED) is 0.591. The first-order chi connectivity index (χ1) is 13.0. The lowest BCUT2D eigenvalue weighted by Gasteiger charge is -2.12. The normalized spacial score (nSPS) is 10.5. The Morgan fingerprint density at radius 3 is 2.56 bits per heavy atom. The number of nitrogens with one attached hydrogen (secondary N) is 2. The van der Waals surface area contributed by atoms with Crippen molar-refractivity contribution in [1.82, 2.24) is 9.97 Å². The Morgan fingerprint density at radius 2 is 1.81 bits per heavy atom. The van der Waals surface area contributed by atoms with Crippen molar-refractivity contribution < 1.29 is 4.74 Å². The van der Waals surface area contributed by atoms with Crippen LogP contribution in [0.2, 0.25) is 5.02 Å². The molecule has 0 radical (unpaired) electrons. The van der Waals surface area contributed by atoms with Crippen LogP contribution in [0, 0.1) is 13.8 Å². The van der Waals surface area contributed by atoms with Crippen molar-refractivity contribution in [3.05, 3.63) is 70.4 Å². The van der Waals surface area contributed by atoms with Gasteiger partial charge in [-0.25, -0.2) is 4.98 Å². The monoisotopic (exact) mass is 382 g/mol. The van der Waals surface area contributed by atoms with Gasteiger partial charge in [0.1, 0.15) is 11.6 Å². The maximum atomic E-state index is 6.20. The Hall–Kier alpha value is -2.79. The molecule has 2 N–H and O–H groups in total. The molecule has 0 aliphatic rings. The minimum atomic E-state index is 0.602. The van der Waals surface area contributed by atoms with Gasteiger partial charge in [-0.3, -0.25) is 0 Å². The lowest BCUT2D eigenvalue weighted by atomic mass is 10.1. The minimum absolute atomic E-state index is 0.602. The molecule has 2 aromatic carbocycles. The number of rotatable bonds is 7. The van der Waals surface area contributed by atoms with Gasteiger partial charge in [0.2, 0.25) is 5.95 Å². The van der Waals surface area contributed by atoms with Crippen molar-refractivity contribution in [3.63, 3.8) is 0 Å². The molecule has 0 saturated heterocycles. The van der Waals surface area contributed by atoms with Crippen LogP contribution in [0.1, 0.15) is 16.8 Å². The molecular weight excluding hydrogens is 360 g/mol. The molecule has 0 aliphatic carbocycles. The molecule has 1 aromatic heterocycles. The SMILES string of the molecule is COc1ccc(CCNc2nc(C)cc(Nc3cccc(Cl)c3C)n2)cc1. The number of hydrogen-bond acceptors (Lipinski definition) is 5. The number of halogens is 1. The first-order valence-corrected chi connectivity index (χ1v) is 9.17. The summed E-state index contributed by atoms with van der Waals surface area (Å²) in [7, 11) is 1.67. The van der Waals surface area contributed by atoms with Gasteiger partial charge in [-0.15, -0.1) is 0 Å². The summed E-state index contributed by atoms with van der Waals surface area (Å²) in [5.41, 5.74) is 4.04.